The molecule has 0 N–H and O–H groups in total. The van der Waals surface area contributed by atoms with Gasteiger partial charge in [-0.1, -0.05) is 35.3 Å². The highest BCUT2D eigenvalue weighted by atomic mass is 79.9. The number of ketones is 1. The van der Waals surface area contributed by atoms with Crippen molar-refractivity contribution in [2.45, 2.75) is 6.92 Å². The molecule has 0 bridgehead atoms. The first-order valence-electron chi connectivity index (χ1n) is 9.14. The van der Waals surface area contributed by atoms with Crippen LogP contribution in [0, 0.1) is 18.6 Å². The molecule has 0 spiro atoms. The van der Waals surface area contributed by atoms with Gasteiger partial charge in [-0.25, -0.2) is 13.8 Å². The van der Waals surface area contributed by atoms with Crippen molar-refractivity contribution < 1.29 is 18.4 Å². The van der Waals surface area contributed by atoms with Gasteiger partial charge < -0.3 is 4.57 Å². The maximum Gasteiger partial charge on any atom is 0.201 e. The van der Waals surface area contributed by atoms with Gasteiger partial charge in [-0.3, -0.25) is 9.59 Å². The molecule has 2 heterocycles. The third kappa shape index (κ3) is 4.75. The predicted octanol–water partition coefficient (Wildman–Crippen LogP) is 6.96. The van der Waals surface area contributed by atoms with Gasteiger partial charge in [0, 0.05) is 34.9 Å². The molecule has 0 radical (unpaired) electrons. The van der Waals surface area contributed by atoms with Crippen molar-refractivity contribution in [3.63, 3.8) is 0 Å². The van der Waals surface area contributed by atoms with E-state index in [1.807, 2.05) is 0 Å². The molecule has 4 rings (SSSR count). The number of carbonyl (C=O) groups is 2. The normalized spacial score (nSPS) is 10.6. The molecule has 0 unspecified atom stereocenters. The van der Waals surface area contributed by atoms with Gasteiger partial charge in [0.1, 0.15) is 17.3 Å². The molecule has 0 saturated heterocycles. The largest absolute Gasteiger partial charge is 0.335 e. The number of rotatable bonds is 3. The quantitative estimate of drug-likeness (QED) is 0.209. The fourth-order valence-corrected chi connectivity index (χ4v) is 3.86. The van der Waals surface area contributed by atoms with E-state index in [0.29, 0.717) is 37.4 Å². The zero-order valence-electron chi connectivity index (χ0n) is 16.8. The summed E-state index contributed by atoms with van der Waals surface area (Å²) in [5, 5.41) is 1.33. The highest BCUT2D eigenvalue weighted by Crippen LogP contribution is 2.27. The summed E-state index contributed by atoms with van der Waals surface area (Å²) < 4.78 is 30.5. The highest BCUT2D eigenvalue weighted by Gasteiger charge is 2.24. The first-order valence-corrected chi connectivity index (χ1v) is 10.7. The maximum atomic E-state index is 14.2. The van der Waals surface area contributed by atoms with E-state index in [2.05, 4.69) is 20.9 Å². The van der Waals surface area contributed by atoms with Gasteiger partial charge in [0.05, 0.1) is 21.2 Å². The lowest BCUT2D eigenvalue weighted by atomic mass is 10.0. The van der Waals surface area contributed by atoms with Gasteiger partial charge in [-0.2, -0.15) is 0 Å². The third-order valence-electron chi connectivity index (χ3n) is 4.65. The Morgan fingerprint density at radius 2 is 1.81 bits per heavy atom. The standard InChI is InChI=1S/C16H11BrF2N2O.C7H4Cl2O/c1-8-3-4-12(18)13(14(8)19)15(22)11-7-21(2)16-10(11)5-9(17)6-20-16;8-6-2-1-3-7(9)5(6)4-10/h3-7H,1-2H3;1-4H. The number of aldehydes is 1. The molecule has 0 aliphatic carbocycles. The lowest BCUT2D eigenvalue weighted by molar-refractivity contribution is 0.103. The Labute approximate surface area is 200 Å². The third-order valence-corrected chi connectivity index (χ3v) is 5.75. The van der Waals surface area contributed by atoms with Crippen LogP contribution in [0.25, 0.3) is 11.0 Å². The molecule has 0 atom stereocenters. The van der Waals surface area contributed by atoms with E-state index >= 15 is 0 Å². The Balaban J connectivity index is 0.000000243. The molecule has 32 heavy (non-hydrogen) atoms. The van der Waals surface area contributed by atoms with Crippen molar-refractivity contribution >= 4 is 62.2 Å². The summed E-state index contributed by atoms with van der Waals surface area (Å²) in [4.78, 5) is 27.1. The molecule has 0 fully saturated rings. The Hall–Kier alpha value is -2.61. The maximum absolute atomic E-state index is 14.2. The van der Waals surface area contributed by atoms with Gasteiger partial charge in [-0.15, -0.1) is 0 Å². The number of fused-ring (bicyclic) bond motifs is 1. The number of aryl methyl sites for hydroxylation is 2. The molecule has 2 aromatic heterocycles. The molecule has 4 nitrogen and oxygen atoms in total. The molecule has 2 aromatic carbocycles. The number of carbonyl (C=O) groups excluding carboxylic acids is 2. The lowest BCUT2D eigenvalue weighted by Crippen LogP contribution is -2.08. The van der Waals surface area contributed by atoms with Crippen LogP contribution >= 0.6 is 39.1 Å². The minimum atomic E-state index is -0.868. The Morgan fingerprint density at radius 3 is 2.41 bits per heavy atom. The van der Waals surface area contributed by atoms with Crippen molar-refractivity contribution in [1.82, 2.24) is 9.55 Å². The minimum absolute atomic E-state index is 0.217. The topological polar surface area (TPSA) is 52.0 Å². The summed E-state index contributed by atoms with van der Waals surface area (Å²) in [6.45, 7) is 1.49. The van der Waals surface area contributed by atoms with Gasteiger partial charge in [0.25, 0.3) is 0 Å². The zero-order valence-corrected chi connectivity index (χ0v) is 19.9. The SMILES string of the molecule is Cc1ccc(F)c(C(=O)c2cn(C)c3ncc(Br)cc23)c1F.O=Cc1c(Cl)cccc1Cl. The van der Waals surface area contributed by atoms with Crippen molar-refractivity contribution in [2.75, 3.05) is 0 Å². The number of aromatic nitrogens is 2. The molecule has 0 aliphatic rings. The summed E-state index contributed by atoms with van der Waals surface area (Å²) in [6, 6.07) is 9.06. The second-order valence-electron chi connectivity index (χ2n) is 6.81. The molecular weight excluding hydrogens is 525 g/mol. The molecule has 164 valence electrons. The molecule has 9 heteroatoms. The van der Waals surface area contributed by atoms with Crippen LogP contribution in [0.5, 0.6) is 0 Å². The Morgan fingerprint density at radius 1 is 1.16 bits per heavy atom. The van der Waals surface area contributed by atoms with Crippen molar-refractivity contribution in [3.05, 3.63) is 97.2 Å². The average Bonchev–Trinajstić information content (AvgIpc) is 3.07. The van der Waals surface area contributed by atoms with Crippen LogP contribution in [-0.2, 0) is 7.05 Å². The number of hydrogen-bond acceptors (Lipinski definition) is 3. The zero-order chi connectivity index (χ0) is 23.6. The Bertz CT molecular complexity index is 1340. The van der Waals surface area contributed by atoms with Crippen LogP contribution in [-0.4, -0.2) is 21.6 Å². The van der Waals surface area contributed by atoms with E-state index in [0.717, 1.165) is 6.07 Å². The van der Waals surface area contributed by atoms with Crippen LogP contribution in [0.1, 0.15) is 31.8 Å². The minimum Gasteiger partial charge on any atom is -0.335 e. The van der Waals surface area contributed by atoms with Crippen LogP contribution in [0.3, 0.4) is 0 Å². The van der Waals surface area contributed by atoms with E-state index in [1.165, 1.54) is 19.2 Å². The molecule has 4 aromatic rings. The van der Waals surface area contributed by atoms with Crippen LogP contribution in [0.4, 0.5) is 8.78 Å². The van der Waals surface area contributed by atoms with E-state index in [9.17, 15) is 18.4 Å². The van der Waals surface area contributed by atoms with Crippen LogP contribution in [0.15, 0.2) is 53.3 Å². The van der Waals surface area contributed by atoms with Gasteiger partial charge >= 0.3 is 0 Å². The summed E-state index contributed by atoms with van der Waals surface area (Å²) in [7, 11) is 1.73. The van der Waals surface area contributed by atoms with Crippen molar-refractivity contribution in [2.24, 2.45) is 7.05 Å². The second kappa shape index (κ2) is 9.90. The number of benzene rings is 2. The number of hydrogen-bond donors (Lipinski definition) is 0. The summed E-state index contributed by atoms with van der Waals surface area (Å²) in [6.07, 6.45) is 3.78. The summed E-state index contributed by atoms with van der Waals surface area (Å²) >= 11 is 14.5. The summed E-state index contributed by atoms with van der Waals surface area (Å²) in [5.74, 6) is -2.39. The van der Waals surface area contributed by atoms with Crippen molar-refractivity contribution in [1.29, 1.82) is 0 Å². The van der Waals surface area contributed by atoms with E-state index in [1.54, 1.807) is 42.1 Å². The number of nitrogens with zero attached hydrogens (tertiary/aromatic N) is 2. The van der Waals surface area contributed by atoms with E-state index in [4.69, 9.17) is 23.2 Å². The van der Waals surface area contributed by atoms with E-state index < -0.39 is 23.0 Å². The molecular formula is C23H15BrCl2F2N2O2. The van der Waals surface area contributed by atoms with Gasteiger partial charge in [-0.05, 0) is 52.7 Å². The molecule has 0 aliphatic heterocycles. The fourth-order valence-electron chi connectivity index (χ4n) is 3.04. The molecule has 0 saturated carbocycles. The highest BCUT2D eigenvalue weighted by molar-refractivity contribution is 9.10. The second-order valence-corrected chi connectivity index (χ2v) is 8.54. The lowest BCUT2D eigenvalue weighted by Gasteiger charge is -2.06. The summed E-state index contributed by atoms with van der Waals surface area (Å²) in [5.41, 5.74) is 0.831. The van der Waals surface area contributed by atoms with Gasteiger partial charge in [0.15, 0.2) is 6.29 Å². The fraction of sp³-hybridized carbons (Fsp3) is 0.0870. The molecule has 0 amide bonds. The first-order chi connectivity index (χ1) is 15.1. The van der Waals surface area contributed by atoms with E-state index in [-0.39, 0.29) is 11.1 Å². The van der Waals surface area contributed by atoms with Crippen LogP contribution in [0.2, 0.25) is 10.0 Å². The van der Waals surface area contributed by atoms with Crippen molar-refractivity contribution in [3.8, 4) is 0 Å². The van der Waals surface area contributed by atoms with Crippen LogP contribution < -0.4 is 0 Å². The number of halogens is 5. The monoisotopic (exact) mass is 538 g/mol. The smallest absolute Gasteiger partial charge is 0.201 e. The number of pyridine rings is 1. The average molecular weight is 540 g/mol. The van der Waals surface area contributed by atoms with Gasteiger partial charge in [0.2, 0.25) is 5.78 Å². The first kappa shape index (κ1) is 24.0. The Kier molecular flexibility index (Phi) is 7.44. The predicted molar refractivity (Wildman–Crippen MR) is 125 cm³/mol.